The Balaban J connectivity index is 3.36. The van der Waals surface area contributed by atoms with E-state index in [0.717, 1.165) is 0 Å². The molecule has 1 atom stereocenters. The van der Waals surface area contributed by atoms with E-state index in [4.69, 9.17) is 11.6 Å². The molecule has 1 rings (SSSR count). The summed E-state index contributed by atoms with van der Waals surface area (Å²) >= 11 is 5.83. The first kappa shape index (κ1) is 15.5. The van der Waals surface area contributed by atoms with E-state index in [1.807, 2.05) is 6.92 Å². The smallest absolute Gasteiger partial charge is 0.334 e. The van der Waals surface area contributed by atoms with E-state index in [-0.39, 0.29) is 0 Å². The SMILES string of the molecule is CCCN(C=O)C(CC)(C(=O)O)c1ccc(Cl)cc1. The van der Waals surface area contributed by atoms with Crippen LogP contribution in [0.1, 0.15) is 32.3 Å². The summed E-state index contributed by atoms with van der Waals surface area (Å²) in [5.41, 5.74) is -0.769. The van der Waals surface area contributed by atoms with Crippen molar-refractivity contribution in [1.82, 2.24) is 4.90 Å². The van der Waals surface area contributed by atoms with Crippen LogP contribution in [-0.2, 0) is 15.1 Å². The minimum Gasteiger partial charge on any atom is -0.479 e. The van der Waals surface area contributed by atoms with Crippen LogP contribution in [0.4, 0.5) is 0 Å². The fourth-order valence-corrected chi connectivity index (χ4v) is 2.40. The lowest BCUT2D eigenvalue weighted by atomic mass is 9.85. The van der Waals surface area contributed by atoms with Gasteiger partial charge in [0.05, 0.1) is 0 Å². The number of hydrogen-bond acceptors (Lipinski definition) is 2. The van der Waals surface area contributed by atoms with Crippen molar-refractivity contribution in [3.8, 4) is 0 Å². The minimum absolute atomic E-state index is 0.294. The molecular formula is C14H18ClNO3. The molecule has 0 fully saturated rings. The van der Waals surface area contributed by atoms with Gasteiger partial charge in [-0.1, -0.05) is 37.6 Å². The summed E-state index contributed by atoms with van der Waals surface area (Å²) < 4.78 is 0. The maximum Gasteiger partial charge on any atom is 0.334 e. The average molecular weight is 284 g/mol. The maximum absolute atomic E-state index is 11.8. The number of carboxylic acid groups (broad SMARTS) is 1. The highest BCUT2D eigenvalue weighted by Gasteiger charge is 2.43. The predicted octanol–water partition coefficient (Wildman–Crippen LogP) is 2.90. The van der Waals surface area contributed by atoms with E-state index in [1.165, 1.54) is 4.90 Å². The molecule has 5 heteroatoms. The topological polar surface area (TPSA) is 57.6 Å². The molecule has 0 radical (unpaired) electrons. The van der Waals surface area contributed by atoms with E-state index < -0.39 is 11.5 Å². The van der Waals surface area contributed by atoms with E-state index >= 15 is 0 Å². The summed E-state index contributed by atoms with van der Waals surface area (Å²) in [6.07, 6.45) is 1.60. The van der Waals surface area contributed by atoms with Gasteiger partial charge in [-0.3, -0.25) is 4.79 Å². The summed E-state index contributed by atoms with van der Waals surface area (Å²) in [5, 5.41) is 10.2. The Morgan fingerprint density at radius 1 is 1.37 bits per heavy atom. The van der Waals surface area contributed by atoms with Crippen LogP contribution in [0.15, 0.2) is 24.3 Å². The van der Waals surface area contributed by atoms with Gasteiger partial charge in [-0.15, -0.1) is 0 Å². The summed E-state index contributed by atoms with van der Waals surface area (Å²) in [7, 11) is 0. The van der Waals surface area contributed by atoms with Gasteiger partial charge >= 0.3 is 5.97 Å². The summed E-state index contributed by atoms with van der Waals surface area (Å²) in [6.45, 7) is 4.06. The van der Waals surface area contributed by atoms with Crippen LogP contribution in [0.5, 0.6) is 0 Å². The molecule has 0 heterocycles. The zero-order valence-electron chi connectivity index (χ0n) is 11.1. The fraction of sp³-hybridized carbons (Fsp3) is 0.429. The molecule has 19 heavy (non-hydrogen) atoms. The van der Waals surface area contributed by atoms with Crippen LogP contribution in [0.2, 0.25) is 5.02 Å². The number of carboxylic acids is 1. The van der Waals surface area contributed by atoms with E-state index in [2.05, 4.69) is 0 Å². The molecule has 0 aliphatic heterocycles. The third kappa shape index (κ3) is 2.89. The molecule has 1 N–H and O–H groups in total. The van der Waals surface area contributed by atoms with Crippen LogP contribution >= 0.6 is 11.6 Å². The Hall–Kier alpha value is -1.55. The van der Waals surface area contributed by atoms with Crippen molar-refractivity contribution in [3.63, 3.8) is 0 Å². The number of aliphatic carboxylic acids is 1. The number of carbonyl (C=O) groups is 2. The van der Waals surface area contributed by atoms with Crippen LogP contribution in [-0.4, -0.2) is 28.9 Å². The molecule has 0 aliphatic rings. The maximum atomic E-state index is 11.8. The largest absolute Gasteiger partial charge is 0.479 e. The molecule has 1 aromatic carbocycles. The lowest BCUT2D eigenvalue weighted by Crippen LogP contribution is -2.51. The monoisotopic (exact) mass is 283 g/mol. The normalized spacial score (nSPS) is 13.6. The van der Waals surface area contributed by atoms with Crippen molar-refractivity contribution in [1.29, 1.82) is 0 Å². The van der Waals surface area contributed by atoms with Crippen LogP contribution in [0, 0.1) is 0 Å². The van der Waals surface area contributed by atoms with Crippen molar-refractivity contribution in [2.45, 2.75) is 32.2 Å². The third-order valence-corrected chi connectivity index (χ3v) is 3.52. The molecule has 1 unspecified atom stereocenters. The zero-order valence-corrected chi connectivity index (χ0v) is 11.9. The van der Waals surface area contributed by atoms with Gasteiger partial charge in [0, 0.05) is 11.6 Å². The van der Waals surface area contributed by atoms with Crippen LogP contribution in [0.3, 0.4) is 0 Å². The summed E-state index contributed by atoms with van der Waals surface area (Å²) in [6, 6.07) is 6.59. The fourth-order valence-electron chi connectivity index (χ4n) is 2.27. The number of hydrogen-bond donors (Lipinski definition) is 1. The number of halogens is 1. The number of rotatable bonds is 7. The third-order valence-electron chi connectivity index (χ3n) is 3.27. The number of carbonyl (C=O) groups excluding carboxylic acids is 1. The Morgan fingerprint density at radius 2 is 1.95 bits per heavy atom. The molecule has 1 amide bonds. The van der Waals surface area contributed by atoms with Crippen molar-refractivity contribution < 1.29 is 14.7 Å². The summed E-state index contributed by atoms with van der Waals surface area (Å²) in [4.78, 5) is 24.4. The van der Waals surface area contributed by atoms with Gasteiger partial charge in [-0.2, -0.15) is 0 Å². The highest BCUT2D eigenvalue weighted by molar-refractivity contribution is 6.30. The Bertz CT molecular complexity index is 447. The summed E-state index contributed by atoms with van der Waals surface area (Å²) in [5.74, 6) is -1.03. The van der Waals surface area contributed by atoms with Crippen LogP contribution < -0.4 is 0 Å². The van der Waals surface area contributed by atoms with Crippen molar-refractivity contribution in [2.75, 3.05) is 6.54 Å². The minimum atomic E-state index is -1.33. The molecule has 0 saturated heterocycles. The molecule has 1 aromatic rings. The first-order chi connectivity index (χ1) is 9.02. The number of benzene rings is 1. The Labute approximate surface area is 118 Å². The van der Waals surface area contributed by atoms with E-state index in [1.54, 1.807) is 31.2 Å². The lowest BCUT2D eigenvalue weighted by molar-refractivity contribution is -0.156. The van der Waals surface area contributed by atoms with Crippen molar-refractivity contribution in [2.24, 2.45) is 0 Å². The quantitative estimate of drug-likeness (QED) is 0.783. The van der Waals surface area contributed by atoms with Crippen molar-refractivity contribution >= 4 is 24.0 Å². The Kier molecular flexibility index (Phi) is 5.36. The highest BCUT2D eigenvalue weighted by atomic mass is 35.5. The second-order valence-corrected chi connectivity index (χ2v) is 4.76. The molecule has 0 bridgehead atoms. The molecule has 104 valence electrons. The van der Waals surface area contributed by atoms with Crippen LogP contribution in [0.25, 0.3) is 0 Å². The van der Waals surface area contributed by atoms with Gasteiger partial charge in [0.1, 0.15) is 0 Å². The second kappa shape index (κ2) is 6.57. The molecule has 0 aliphatic carbocycles. The molecule has 4 nitrogen and oxygen atoms in total. The molecular weight excluding hydrogens is 266 g/mol. The van der Waals surface area contributed by atoms with Gasteiger partial charge in [0.15, 0.2) is 5.54 Å². The van der Waals surface area contributed by atoms with Gasteiger partial charge in [0.25, 0.3) is 0 Å². The predicted molar refractivity (Wildman–Crippen MR) is 74.1 cm³/mol. The first-order valence-corrected chi connectivity index (χ1v) is 6.62. The van der Waals surface area contributed by atoms with E-state index in [9.17, 15) is 14.7 Å². The lowest BCUT2D eigenvalue weighted by Gasteiger charge is -2.38. The van der Waals surface area contributed by atoms with Gasteiger partial charge < -0.3 is 10.0 Å². The molecule has 0 spiro atoms. The zero-order chi connectivity index (χ0) is 14.5. The number of nitrogens with zero attached hydrogens (tertiary/aromatic N) is 1. The molecule has 0 aromatic heterocycles. The Morgan fingerprint density at radius 3 is 2.32 bits per heavy atom. The van der Waals surface area contributed by atoms with E-state index in [0.29, 0.717) is 36.4 Å². The van der Waals surface area contributed by atoms with Gasteiger partial charge in [-0.05, 0) is 30.5 Å². The van der Waals surface area contributed by atoms with Gasteiger partial charge in [-0.25, -0.2) is 4.79 Å². The standard InChI is InChI=1S/C14H18ClNO3/c1-3-9-16(10-17)14(4-2,13(18)19)11-5-7-12(15)8-6-11/h5-8,10H,3-4,9H2,1-2H3,(H,18,19). The highest BCUT2D eigenvalue weighted by Crippen LogP contribution is 2.32. The average Bonchev–Trinajstić information content (AvgIpc) is 2.40. The van der Waals surface area contributed by atoms with Gasteiger partial charge in [0.2, 0.25) is 6.41 Å². The first-order valence-electron chi connectivity index (χ1n) is 6.24. The second-order valence-electron chi connectivity index (χ2n) is 4.32. The molecule has 0 saturated carbocycles. The number of amides is 1. The van der Waals surface area contributed by atoms with Crippen molar-refractivity contribution in [3.05, 3.63) is 34.9 Å².